The van der Waals surface area contributed by atoms with E-state index < -0.39 is 0 Å². The molecule has 0 bridgehead atoms. The summed E-state index contributed by atoms with van der Waals surface area (Å²) in [5.74, 6) is 0.231. The molecule has 0 saturated heterocycles. The lowest BCUT2D eigenvalue weighted by molar-refractivity contribution is 0.101. The molecular weight excluding hydrogens is 214 g/mol. The van der Waals surface area contributed by atoms with Gasteiger partial charge in [0.1, 0.15) is 0 Å². The van der Waals surface area contributed by atoms with Crippen molar-refractivity contribution in [1.82, 2.24) is 4.98 Å². The van der Waals surface area contributed by atoms with Gasteiger partial charge in [-0.25, -0.2) is 0 Å². The Morgan fingerprint density at radius 3 is 2.88 bits per heavy atom. The van der Waals surface area contributed by atoms with E-state index in [4.69, 9.17) is 4.42 Å². The van der Waals surface area contributed by atoms with Crippen molar-refractivity contribution in [3.63, 3.8) is 0 Å². The van der Waals surface area contributed by atoms with Crippen molar-refractivity contribution in [2.45, 2.75) is 0 Å². The number of carbonyl (C=O) groups excluding carboxylic acids is 1. The van der Waals surface area contributed by atoms with E-state index in [1.165, 1.54) is 6.26 Å². The molecule has 0 aliphatic heterocycles. The van der Waals surface area contributed by atoms with Crippen molar-refractivity contribution >= 4 is 16.6 Å². The van der Waals surface area contributed by atoms with Gasteiger partial charge >= 0.3 is 0 Å². The zero-order valence-corrected chi connectivity index (χ0v) is 8.96. The number of fused-ring (bicyclic) bond motifs is 1. The van der Waals surface area contributed by atoms with Crippen LogP contribution in [0.2, 0.25) is 0 Å². The number of furan rings is 1. The van der Waals surface area contributed by atoms with E-state index in [9.17, 15) is 4.79 Å². The highest BCUT2D eigenvalue weighted by atomic mass is 16.3. The molecule has 0 amide bonds. The first-order valence-electron chi connectivity index (χ1n) is 5.27. The smallest absolute Gasteiger partial charge is 0.228 e. The molecule has 0 aliphatic carbocycles. The van der Waals surface area contributed by atoms with E-state index in [1.807, 2.05) is 18.2 Å². The molecule has 3 heteroatoms. The van der Waals surface area contributed by atoms with Gasteiger partial charge in [-0.1, -0.05) is 18.2 Å². The summed E-state index contributed by atoms with van der Waals surface area (Å²) in [6.45, 7) is 0. The predicted molar refractivity (Wildman–Crippen MR) is 63.9 cm³/mol. The second kappa shape index (κ2) is 3.87. The molecular formula is C14H9NO2. The van der Waals surface area contributed by atoms with Gasteiger partial charge in [-0.3, -0.25) is 9.78 Å². The van der Waals surface area contributed by atoms with Gasteiger partial charge in [-0.15, -0.1) is 0 Å². The number of nitrogens with zero attached hydrogens (tertiary/aromatic N) is 1. The first kappa shape index (κ1) is 9.78. The van der Waals surface area contributed by atoms with E-state index >= 15 is 0 Å². The number of hydrogen-bond donors (Lipinski definition) is 0. The van der Waals surface area contributed by atoms with Crippen molar-refractivity contribution in [2.75, 3.05) is 0 Å². The van der Waals surface area contributed by atoms with Gasteiger partial charge in [0.25, 0.3) is 0 Å². The lowest BCUT2D eigenvalue weighted by atomic mass is 10.0. The molecule has 0 fully saturated rings. The summed E-state index contributed by atoms with van der Waals surface area (Å²) in [6.07, 6.45) is 4.91. The third-order valence-corrected chi connectivity index (χ3v) is 2.67. The molecule has 2 heterocycles. The van der Waals surface area contributed by atoms with Crippen LogP contribution in [0.5, 0.6) is 0 Å². The van der Waals surface area contributed by atoms with E-state index in [2.05, 4.69) is 4.98 Å². The summed E-state index contributed by atoms with van der Waals surface area (Å²) in [5, 5.41) is 1.84. The molecule has 1 aromatic carbocycles. The van der Waals surface area contributed by atoms with Gasteiger partial charge in [0.05, 0.1) is 6.26 Å². The normalized spacial score (nSPS) is 10.6. The van der Waals surface area contributed by atoms with Gasteiger partial charge in [0, 0.05) is 23.3 Å². The van der Waals surface area contributed by atoms with Crippen LogP contribution in [0.25, 0.3) is 10.8 Å². The zero-order valence-electron chi connectivity index (χ0n) is 8.96. The maximum Gasteiger partial charge on any atom is 0.228 e. The molecule has 0 N–H and O–H groups in total. The van der Waals surface area contributed by atoms with E-state index in [1.54, 1.807) is 30.6 Å². The van der Waals surface area contributed by atoms with Crippen molar-refractivity contribution in [2.24, 2.45) is 0 Å². The highest BCUT2D eigenvalue weighted by Gasteiger charge is 2.14. The van der Waals surface area contributed by atoms with Gasteiger partial charge < -0.3 is 4.42 Å². The standard InChI is InChI=1S/C14H9NO2/c16-14(13-5-2-8-17-13)11-4-1-3-10-6-7-15-9-12(10)11/h1-9H. The fourth-order valence-electron chi connectivity index (χ4n) is 1.85. The minimum atomic E-state index is -0.117. The Morgan fingerprint density at radius 1 is 1.12 bits per heavy atom. The second-order valence-electron chi connectivity index (χ2n) is 3.71. The third-order valence-electron chi connectivity index (χ3n) is 2.67. The fraction of sp³-hybridized carbons (Fsp3) is 0. The lowest BCUT2D eigenvalue weighted by Gasteiger charge is -2.02. The van der Waals surface area contributed by atoms with Crippen LogP contribution in [0, 0.1) is 0 Å². The average molecular weight is 223 g/mol. The fourth-order valence-corrected chi connectivity index (χ4v) is 1.85. The molecule has 3 nitrogen and oxygen atoms in total. The topological polar surface area (TPSA) is 43.1 Å². The maximum absolute atomic E-state index is 12.2. The Kier molecular flexibility index (Phi) is 2.22. The number of rotatable bonds is 2. The Morgan fingerprint density at radius 2 is 2.06 bits per heavy atom. The minimum Gasteiger partial charge on any atom is -0.461 e. The van der Waals surface area contributed by atoms with Crippen molar-refractivity contribution in [1.29, 1.82) is 0 Å². The molecule has 0 radical (unpaired) electrons. The second-order valence-corrected chi connectivity index (χ2v) is 3.71. The summed E-state index contributed by atoms with van der Waals surface area (Å²) in [4.78, 5) is 16.3. The number of pyridine rings is 1. The number of carbonyl (C=O) groups is 1. The van der Waals surface area contributed by atoms with Crippen molar-refractivity contribution in [3.8, 4) is 0 Å². The first-order chi connectivity index (χ1) is 8.36. The zero-order chi connectivity index (χ0) is 11.7. The number of benzene rings is 1. The van der Waals surface area contributed by atoms with Crippen LogP contribution in [-0.2, 0) is 0 Å². The average Bonchev–Trinajstić information content (AvgIpc) is 2.91. The Hall–Kier alpha value is -2.42. The van der Waals surface area contributed by atoms with Crippen LogP contribution in [-0.4, -0.2) is 10.8 Å². The molecule has 82 valence electrons. The van der Waals surface area contributed by atoms with Crippen LogP contribution < -0.4 is 0 Å². The van der Waals surface area contributed by atoms with E-state index in [-0.39, 0.29) is 5.78 Å². The van der Waals surface area contributed by atoms with Crippen LogP contribution in [0.15, 0.2) is 59.5 Å². The molecule has 3 aromatic rings. The van der Waals surface area contributed by atoms with Crippen molar-refractivity contribution in [3.05, 3.63) is 66.4 Å². The third kappa shape index (κ3) is 1.61. The van der Waals surface area contributed by atoms with Crippen LogP contribution in [0.1, 0.15) is 16.1 Å². The number of aromatic nitrogens is 1. The van der Waals surface area contributed by atoms with Crippen LogP contribution in [0.3, 0.4) is 0 Å². The Labute approximate surface area is 97.7 Å². The molecule has 17 heavy (non-hydrogen) atoms. The largest absolute Gasteiger partial charge is 0.461 e. The summed E-state index contributed by atoms with van der Waals surface area (Å²) < 4.78 is 5.13. The van der Waals surface area contributed by atoms with E-state index in [0.717, 1.165) is 10.8 Å². The SMILES string of the molecule is O=C(c1ccco1)c1cccc2ccncc12. The highest BCUT2D eigenvalue weighted by Crippen LogP contribution is 2.20. The first-order valence-corrected chi connectivity index (χ1v) is 5.27. The molecule has 3 rings (SSSR count). The Balaban J connectivity index is 2.21. The van der Waals surface area contributed by atoms with Crippen LogP contribution >= 0.6 is 0 Å². The summed E-state index contributed by atoms with van der Waals surface area (Å²) >= 11 is 0. The molecule has 0 atom stereocenters. The highest BCUT2D eigenvalue weighted by molar-refractivity contribution is 6.14. The van der Waals surface area contributed by atoms with Gasteiger partial charge in [0.2, 0.25) is 5.78 Å². The summed E-state index contributed by atoms with van der Waals surface area (Å²) in [6, 6.07) is 10.9. The maximum atomic E-state index is 12.2. The molecule has 0 saturated carbocycles. The van der Waals surface area contributed by atoms with Gasteiger partial charge in [0.15, 0.2) is 5.76 Å². The lowest BCUT2D eigenvalue weighted by Crippen LogP contribution is -2.00. The summed E-state index contributed by atoms with van der Waals surface area (Å²) in [5.41, 5.74) is 0.616. The monoisotopic (exact) mass is 223 g/mol. The number of hydrogen-bond acceptors (Lipinski definition) is 3. The molecule has 0 spiro atoms. The van der Waals surface area contributed by atoms with Gasteiger partial charge in [-0.2, -0.15) is 0 Å². The quantitative estimate of drug-likeness (QED) is 0.627. The number of ketones is 1. The van der Waals surface area contributed by atoms with Crippen LogP contribution in [0.4, 0.5) is 0 Å². The van der Waals surface area contributed by atoms with E-state index in [0.29, 0.717) is 11.3 Å². The molecule has 0 aliphatic rings. The van der Waals surface area contributed by atoms with Gasteiger partial charge in [-0.05, 0) is 23.6 Å². The minimum absolute atomic E-state index is 0.117. The summed E-state index contributed by atoms with van der Waals surface area (Å²) in [7, 11) is 0. The molecule has 2 aromatic heterocycles. The predicted octanol–water partition coefficient (Wildman–Crippen LogP) is 3.06. The molecule has 0 unspecified atom stereocenters. The Bertz CT molecular complexity index is 666. The van der Waals surface area contributed by atoms with Crippen molar-refractivity contribution < 1.29 is 9.21 Å².